The van der Waals surface area contributed by atoms with Crippen molar-refractivity contribution in [1.29, 1.82) is 0 Å². The summed E-state index contributed by atoms with van der Waals surface area (Å²) in [5.74, 6) is 0.535. The summed E-state index contributed by atoms with van der Waals surface area (Å²) in [4.78, 5) is 26.0. The predicted octanol–water partition coefficient (Wildman–Crippen LogP) is 1.72. The Balaban J connectivity index is 2.05. The Kier molecular flexibility index (Phi) is 3.97. The van der Waals surface area contributed by atoms with Crippen molar-refractivity contribution in [3.05, 3.63) is 12.2 Å². The number of nitrogens with one attached hydrogen (secondary N) is 1. The van der Waals surface area contributed by atoms with Crippen LogP contribution in [0.2, 0.25) is 0 Å². The van der Waals surface area contributed by atoms with E-state index in [0.717, 1.165) is 19.3 Å². The number of rotatable bonds is 2. The van der Waals surface area contributed by atoms with Crippen molar-refractivity contribution in [3.8, 4) is 0 Å². The summed E-state index contributed by atoms with van der Waals surface area (Å²) < 4.78 is 0. The molecule has 4 heteroatoms. The molecule has 1 saturated heterocycles. The molecular weight excluding hydrogens is 240 g/mol. The summed E-state index contributed by atoms with van der Waals surface area (Å²) >= 11 is 0. The number of amides is 2. The first kappa shape index (κ1) is 14.1. The lowest BCUT2D eigenvalue weighted by Gasteiger charge is -2.40. The van der Waals surface area contributed by atoms with E-state index in [9.17, 15) is 9.59 Å². The van der Waals surface area contributed by atoms with E-state index < -0.39 is 6.04 Å². The third-order valence-electron chi connectivity index (χ3n) is 3.92. The van der Waals surface area contributed by atoms with Gasteiger partial charge in [-0.2, -0.15) is 0 Å². The van der Waals surface area contributed by atoms with E-state index in [-0.39, 0.29) is 23.8 Å². The van der Waals surface area contributed by atoms with Crippen molar-refractivity contribution >= 4 is 11.8 Å². The van der Waals surface area contributed by atoms with Crippen molar-refractivity contribution in [2.75, 3.05) is 13.1 Å². The zero-order valence-corrected chi connectivity index (χ0v) is 12.1. The van der Waals surface area contributed by atoms with Gasteiger partial charge in [0.15, 0.2) is 0 Å². The molecule has 0 aromatic heterocycles. The van der Waals surface area contributed by atoms with Crippen LogP contribution in [0.15, 0.2) is 12.2 Å². The fourth-order valence-corrected chi connectivity index (χ4v) is 2.78. The Labute approximate surface area is 115 Å². The predicted molar refractivity (Wildman–Crippen MR) is 74.4 cm³/mol. The van der Waals surface area contributed by atoms with Gasteiger partial charge in [0, 0.05) is 6.54 Å². The van der Waals surface area contributed by atoms with Gasteiger partial charge in [0.05, 0.1) is 6.54 Å². The third-order valence-corrected chi connectivity index (χ3v) is 3.92. The molecule has 19 heavy (non-hydrogen) atoms. The van der Waals surface area contributed by atoms with Crippen molar-refractivity contribution in [2.45, 2.75) is 46.1 Å². The molecule has 0 saturated carbocycles. The lowest BCUT2D eigenvalue weighted by molar-refractivity contribution is -0.148. The lowest BCUT2D eigenvalue weighted by atomic mass is 9.84. The summed E-state index contributed by atoms with van der Waals surface area (Å²) in [5.41, 5.74) is -0.238. The molecule has 106 valence electrons. The van der Waals surface area contributed by atoms with Gasteiger partial charge in [-0.1, -0.05) is 32.9 Å². The third kappa shape index (κ3) is 3.37. The van der Waals surface area contributed by atoms with Crippen LogP contribution >= 0.6 is 0 Å². The first-order valence-electron chi connectivity index (χ1n) is 7.11. The van der Waals surface area contributed by atoms with E-state index in [1.807, 2.05) is 20.8 Å². The Morgan fingerprint density at radius 2 is 2.05 bits per heavy atom. The molecule has 0 spiro atoms. The zero-order chi connectivity index (χ0) is 14.0. The molecule has 1 heterocycles. The first-order chi connectivity index (χ1) is 8.88. The molecule has 0 bridgehead atoms. The SMILES string of the molecule is CC(C)(C)C1NC(=O)CN(CC2CC=CCC2)C1=O. The van der Waals surface area contributed by atoms with Gasteiger partial charge in [-0.25, -0.2) is 0 Å². The van der Waals surface area contributed by atoms with Gasteiger partial charge in [-0.05, 0) is 30.6 Å². The molecule has 1 fully saturated rings. The number of nitrogens with zero attached hydrogens (tertiary/aromatic N) is 1. The van der Waals surface area contributed by atoms with Crippen LogP contribution in [0, 0.1) is 11.3 Å². The van der Waals surface area contributed by atoms with Crippen LogP contribution in [0.1, 0.15) is 40.0 Å². The van der Waals surface area contributed by atoms with Crippen molar-refractivity contribution < 1.29 is 9.59 Å². The van der Waals surface area contributed by atoms with Gasteiger partial charge in [0.1, 0.15) is 6.04 Å². The van der Waals surface area contributed by atoms with Crippen LogP contribution in [0.25, 0.3) is 0 Å². The largest absolute Gasteiger partial charge is 0.342 e. The van der Waals surface area contributed by atoms with Crippen molar-refractivity contribution in [1.82, 2.24) is 10.2 Å². The van der Waals surface area contributed by atoms with Crippen molar-refractivity contribution in [2.24, 2.45) is 11.3 Å². The maximum atomic E-state index is 12.5. The van der Waals surface area contributed by atoms with E-state index in [2.05, 4.69) is 17.5 Å². The molecule has 0 radical (unpaired) electrons. The lowest BCUT2D eigenvalue weighted by Crippen LogP contribution is -2.62. The van der Waals surface area contributed by atoms with E-state index in [1.54, 1.807) is 4.90 Å². The minimum absolute atomic E-state index is 0.0362. The topological polar surface area (TPSA) is 49.4 Å². The number of hydrogen-bond acceptors (Lipinski definition) is 2. The number of piperazine rings is 1. The highest BCUT2D eigenvalue weighted by Gasteiger charge is 2.40. The molecule has 0 aromatic rings. The molecule has 1 aliphatic carbocycles. The maximum absolute atomic E-state index is 12.5. The highest BCUT2D eigenvalue weighted by atomic mass is 16.2. The van der Waals surface area contributed by atoms with Gasteiger partial charge in [-0.3, -0.25) is 9.59 Å². The molecule has 2 atom stereocenters. The molecule has 2 unspecified atom stereocenters. The standard InChI is InChI=1S/C15H24N2O2/c1-15(2,3)13-14(19)17(10-12(18)16-13)9-11-7-5-4-6-8-11/h4-5,11,13H,6-10H2,1-3H3,(H,16,18). The number of hydrogen-bond donors (Lipinski definition) is 1. The molecule has 0 aromatic carbocycles. The Bertz CT molecular complexity index is 395. The second-order valence-electron chi connectivity index (χ2n) is 6.74. The van der Waals surface area contributed by atoms with Crippen LogP contribution < -0.4 is 5.32 Å². The maximum Gasteiger partial charge on any atom is 0.246 e. The number of carbonyl (C=O) groups excluding carboxylic acids is 2. The van der Waals surface area contributed by atoms with Crippen LogP contribution in [0.4, 0.5) is 0 Å². The smallest absolute Gasteiger partial charge is 0.246 e. The average Bonchev–Trinajstić information content (AvgIpc) is 2.33. The van der Waals surface area contributed by atoms with Gasteiger partial charge < -0.3 is 10.2 Å². The molecule has 2 rings (SSSR count). The number of carbonyl (C=O) groups is 2. The highest BCUT2D eigenvalue weighted by Crippen LogP contribution is 2.25. The summed E-state index contributed by atoms with van der Waals surface area (Å²) in [6.07, 6.45) is 7.60. The van der Waals surface area contributed by atoms with Crippen LogP contribution in [0.3, 0.4) is 0 Å². The molecule has 2 aliphatic rings. The normalized spacial score (nSPS) is 28.5. The minimum atomic E-state index is -0.395. The zero-order valence-electron chi connectivity index (χ0n) is 12.1. The van der Waals surface area contributed by atoms with Gasteiger partial charge in [0.2, 0.25) is 11.8 Å². The summed E-state index contributed by atoms with van der Waals surface area (Å²) in [6.45, 7) is 6.89. The van der Waals surface area contributed by atoms with Crippen molar-refractivity contribution in [3.63, 3.8) is 0 Å². The average molecular weight is 264 g/mol. The van der Waals surface area contributed by atoms with E-state index >= 15 is 0 Å². The minimum Gasteiger partial charge on any atom is -0.342 e. The van der Waals surface area contributed by atoms with Gasteiger partial charge in [-0.15, -0.1) is 0 Å². The van der Waals surface area contributed by atoms with E-state index in [0.29, 0.717) is 12.5 Å². The fraction of sp³-hybridized carbons (Fsp3) is 0.733. The molecule has 1 N–H and O–H groups in total. The van der Waals surface area contributed by atoms with Crippen LogP contribution in [0.5, 0.6) is 0 Å². The highest BCUT2D eigenvalue weighted by molar-refractivity contribution is 5.95. The molecule has 2 amide bonds. The molecular formula is C15H24N2O2. The monoisotopic (exact) mass is 264 g/mol. The fourth-order valence-electron chi connectivity index (χ4n) is 2.78. The Hall–Kier alpha value is -1.32. The summed E-state index contributed by atoms with van der Waals surface area (Å²) in [5, 5.41) is 2.83. The van der Waals surface area contributed by atoms with Gasteiger partial charge in [0.25, 0.3) is 0 Å². The summed E-state index contributed by atoms with van der Waals surface area (Å²) in [7, 11) is 0. The van der Waals surface area contributed by atoms with Gasteiger partial charge >= 0.3 is 0 Å². The second-order valence-corrected chi connectivity index (χ2v) is 6.74. The Morgan fingerprint density at radius 3 is 2.63 bits per heavy atom. The molecule has 1 aliphatic heterocycles. The van der Waals surface area contributed by atoms with E-state index in [1.165, 1.54) is 0 Å². The van der Waals surface area contributed by atoms with Crippen LogP contribution in [-0.2, 0) is 9.59 Å². The Morgan fingerprint density at radius 1 is 1.32 bits per heavy atom. The van der Waals surface area contributed by atoms with Crippen LogP contribution in [-0.4, -0.2) is 35.8 Å². The molecule has 4 nitrogen and oxygen atoms in total. The number of allylic oxidation sites excluding steroid dienone is 2. The first-order valence-corrected chi connectivity index (χ1v) is 7.11. The quantitative estimate of drug-likeness (QED) is 0.772. The van der Waals surface area contributed by atoms with E-state index in [4.69, 9.17) is 0 Å². The second kappa shape index (κ2) is 5.35. The summed E-state index contributed by atoms with van der Waals surface area (Å²) in [6, 6.07) is -0.395.